The summed E-state index contributed by atoms with van der Waals surface area (Å²) in [7, 11) is -0.625. The van der Waals surface area contributed by atoms with Gasteiger partial charge in [0.2, 0.25) is 10.0 Å². The molecule has 0 bridgehead atoms. The lowest BCUT2D eigenvalue weighted by atomic mass is 9.96. The van der Waals surface area contributed by atoms with Gasteiger partial charge in [-0.15, -0.1) is 23.7 Å². The smallest absolute Gasteiger partial charge is 0.265 e. The van der Waals surface area contributed by atoms with Gasteiger partial charge in [0.25, 0.3) is 5.91 Å². The number of sulfonamides is 1. The Kier molecular flexibility index (Phi) is 8.14. The van der Waals surface area contributed by atoms with E-state index in [1.54, 1.807) is 10.3 Å². The lowest BCUT2D eigenvalue weighted by molar-refractivity contribution is 0.0691. The van der Waals surface area contributed by atoms with Gasteiger partial charge in [0.1, 0.15) is 9.77 Å². The summed E-state index contributed by atoms with van der Waals surface area (Å²) in [4.78, 5) is 14.9. The number of halogens is 1. The fraction of sp³-hybridized carbons (Fsp3) is 0.667. The number of hydrogen-bond donors (Lipinski definition) is 1. The number of thiophene rings is 1. The summed E-state index contributed by atoms with van der Waals surface area (Å²) in [6.07, 6.45) is 1.92. The molecule has 1 fully saturated rings. The average molecular weight is 396 g/mol. The first-order valence-corrected chi connectivity index (χ1v) is 10.2. The average Bonchev–Trinajstić information content (AvgIpc) is 3.03. The molecule has 24 heavy (non-hydrogen) atoms. The van der Waals surface area contributed by atoms with Crippen LogP contribution in [0.4, 0.5) is 0 Å². The molecule has 1 amide bonds. The van der Waals surface area contributed by atoms with E-state index in [4.69, 9.17) is 0 Å². The maximum Gasteiger partial charge on any atom is 0.265 e. The van der Waals surface area contributed by atoms with Crippen molar-refractivity contribution in [3.05, 3.63) is 16.3 Å². The van der Waals surface area contributed by atoms with E-state index in [2.05, 4.69) is 12.2 Å². The Hall–Kier alpha value is -0.670. The normalized spacial score (nSPS) is 16.2. The van der Waals surface area contributed by atoms with Crippen LogP contribution in [0.25, 0.3) is 0 Å². The molecule has 1 aromatic heterocycles. The van der Waals surface area contributed by atoms with Gasteiger partial charge in [-0.1, -0.05) is 6.92 Å². The van der Waals surface area contributed by atoms with Crippen LogP contribution in [-0.2, 0) is 10.0 Å². The first kappa shape index (κ1) is 21.4. The van der Waals surface area contributed by atoms with E-state index in [0.29, 0.717) is 23.9 Å². The first-order chi connectivity index (χ1) is 10.9. The highest BCUT2D eigenvalue weighted by Gasteiger charge is 2.30. The van der Waals surface area contributed by atoms with Gasteiger partial charge in [-0.05, 0) is 43.3 Å². The summed E-state index contributed by atoms with van der Waals surface area (Å²) >= 11 is 1.20. The fourth-order valence-electron chi connectivity index (χ4n) is 2.69. The second-order valence-electron chi connectivity index (χ2n) is 5.94. The highest BCUT2D eigenvalue weighted by Crippen LogP contribution is 2.27. The van der Waals surface area contributed by atoms with Crippen LogP contribution >= 0.6 is 23.7 Å². The molecule has 0 saturated carbocycles. The van der Waals surface area contributed by atoms with Gasteiger partial charge in [0.15, 0.2) is 0 Å². The number of nitrogens with one attached hydrogen (secondary N) is 1. The van der Waals surface area contributed by atoms with Crippen LogP contribution in [0.2, 0.25) is 0 Å². The maximum absolute atomic E-state index is 12.7. The zero-order valence-corrected chi connectivity index (χ0v) is 16.8. The van der Waals surface area contributed by atoms with E-state index in [1.807, 2.05) is 0 Å². The third-order valence-electron chi connectivity index (χ3n) is 4.17. The van der Waals surface area contributed by atoms with Gasteiger partial charge in [0, 0.05) is 27.2 Å². The van der Waals surface area contributed by atoms with Crippen LogP contribution in [0.1, 0.15) is 29.4 Å². The van der Waals surface area contributed by atoms with E-state index in [9.17, 15) is 13.2 Å². The highest BCUT2D eigenvalue weighted by molar-refractivity contribution is 7.89. The van der Waals surface area contributed by atoms with Crippen molar-refractivity contribution in [3.63, 3.8) is 0 Å². The number of rotatable bonds is 6. The molecule has 2 rings (SSSR count). The molecule has 2 heterocycles. The molecule has 1 aliphatic heterocycles. The molecular formula is C15H26ClN3O3S2. The fourth-order valence-corrected chi connectivity index (χ4v) is 4.94. The van der Waals surface area contributed by atoms with Crippen LogP contribution in [0.15, 0.2) is 16.3 Å². The topological polar surface area (TPSA) is 69.7 Å². The molecule has 1 saturated heterocycles. The Labute approximate surface area is 154 Å². The minimum atomic E-state index is -3.58. The Morgan fingerprint density at radius 3 is 2.54 bits per heavy atom. The van der Waals surface area contributed by atoms with Gasteiger partial charge in [-0.25, -0.2) is 12.7 Å². The number of carbonyl (C=O) groups is 1. The zero-order chi connectivity index (χ0) is 17.0. The van der Waals surface area contributed by atoms with E-state index in [1.165, 1.54) is 31.5 Å². The third kappa shape index (κ3) is 4.70. The summed E-state index contributed by atoms with van der Waals surface area (Å²) in [6.45, 7) is 5.41. The monoisotopic (exact) mass is 395 g/mol. The van der Waals surface area contributed by atoms with E-state index in [-0.39, 0.29) is 23.2 Å². The summed E-state index contributed by atoms with van der Waals surface area (Å²) in [5.74, 6) is 0.426. The van der Waals surface area contributed by atoms with Crippen molar-refractivity contribution in [2.75, 3.05) is 40.3 Å². The van der Waals surface area contributed by atoms with Crippen molar-refractivity contribution in [3.8, 4) is 0 Å². The molecule has 0 aliphatic carbocycles. The van der Waals surface area contributed by atoms with Crippen molar-refractivity contribution in [1.82, 2.24) is 14.5 Å². The third-order valence-corrected chi connectivity index (χ3v) is 7.06. The first-order valence-electron chi connectivity index (χ1n) is 7.88. The van der Waals surface area contributed by atoms with Gasteiger partial charge < -0.3 is 10.2 Å². The van der Waals surface area contributed by atoms with Crippen LogP contribution < -0.4 is 5.32 Å². The minimum absolute atomic E-state index is 0. The molecule has 0 atom stereocenters. The molecule has 1 aliphatic rings. The Bertz CT molecular complexity index is 638. The lowest BCUT2D eigenvalue weighted by Gasteiger charge is -2.32. The predicted molar refractivity (Wildman–Crippen MR) is 99.6 cm³/mol. The molecular weight excluding hydrogens is 370 g/mol. The van der Waals surface area contributed by atoms with Gasteiger partial charge in [-0.3, -0.25) is 4.79 Å². The number of hydrogen-bond acceptors (Lipinski definition) is 5. The van der Waals surface area contributed by atoms with E-state index < -0.39 is 10.0 Å². The Morgan fingerprint density at radius 2 is 2.00 bits per heavy atom. The SMILES string of the molecule is CCNCC1CCN(C(=O)c2sccc2S(=O)(=O)N(C)C)CC1.Cl. The molecule has 0 aromatic carbocycles. The summed E-state index contributed by atoms with van der Waals surface area (Å²) in [5.41, 5.74) is 0. The zero-order valence-electron chi connectivity index (χ0n) is 14.3. The molecule has 1 aromatic rings. The summed E-state index contributed by atoms with van der Waals surface area (Å²) < 4.78 is 25.8. The second kappa shape index (κ2) is 9.15. The predicted octanol–water partition coefficient (Wildman–Crippen LogP) is 1.88. The van der Waals surface area contributed by atoms with Crippen LogP contribution in [-0.4, -0.2) is 63.8 Å². The van der Waals surface area contributed by atoms with Crippen molar-refractivity contribution in [2.45, 2.75) is 24.7 Å². The Morgan fingerprint density at radius 1 is 1.38 bits per heavy atom. The molecule has 138 valence electrons. The van der Waals surface area contributed by atoms with Crippen LogP contribution in [0.3, 0.4) is 0 Å². The van der Waals surface area contributed by atoms with Gasteiger partial charge >= 0.3 is 0 Å². The molecule has 0 spiro atoms. The minimum Gasteiger partial charge on any atom is -0.338 e. The van der Waals surface area contributed by atoms with Crippen molar-refractivity contribution >= 4 is 39.7 Å². The maximum atomic E-state index is 12.7. The second-order valence-corrected chi connectivity index (χ2v) is 8.98. The van der Waals surface area contributed by atoms with Gasteiger partial charge in [0.05, 0.1) is 0 Å². The van der Waals surface area contributed by atoms with E-state index in [0.717, 1.165) is 30.2 Å². The van der Waals surface area contributed by atoms with Crippen molar-refractivity contribution in [2.24, 2.45) is 5.92 Å². The van der Waals surface area contributed by atoms with Crippen LogP contribution in [0.5, 0.6) is 0 Å². The molecule has 9 heteroatoms. The number of piperidine rings is 1. The number of likely N-dealkylation sites (tertiary alicyclic amines) is 1. The molecule has 1 N–H and O–H groups in total. The van der Waals surface area contributed by atoms with Crippen LogP contribution in [0, 0.1) is 5.92 Å². The quantitative estimate of drug-likeness (QED) is 0.798. The van der Waals surface area contributed by atoms with Gasteiger partial charge in [-0.2, -0.15) is 0 Å². The highest BCUT2D eigenvalue weighted by atomic mass is 35.5. The summed E-state index contributed by atoms with van der Waals surface area (Å²) in [6, 6.07) is 1.52. The van der Waals surface area contributed by atoms with Crippen molar-refractivity contribution < 1.29 is 13.2 Å². The number of carbonyl (C=O) groups excluding carboxylic acids is 1. The largest absolute Gasteiger partial charge is 0.338 e. The standard InChI is InChI=1S/C15H25N3O3S2.ClH/c1-4-16-11-12-5-8-18(9-6-12)15(19)14-13(7-10-22-14)23(20,21)17(2)3;/h7,10,12,16H,4-6,8-9,11H2,1-3H3;1H. The summed E-state index contributed by atoms with van der Waals surface area (Å²) in [5, 5.41) is 5.01. The van der Waals surface area contributed by atoms with Crippen molar-refractivity contribution in [1.29, 1.82) is 0 Å². The number of amides is 1. The van der Waals surface area contributed by atoms with E-state index >= 15 is 0 Å². The lowest BCUT2D eigenvalue weighted by Crippen LogP contribution is -2.41. The number of nitrogens with zero attached hydrogens (tertiary/aromatic N) is 2. The molecule has 0 radical (unpaired) electrons. The molecule has 0 unspecified atom stereocenters. The Balaban J connectivity index is 0.00000288. The molecule has 6 nitrogen and oxygen atoms in total.